The first-order valence-corrected chi connectivity index (χ1v) is 3.32. The van der Waals surface area contributed by atoms with E-state index in [9.17, 15) is 9.90 Å². The number of carboxylic acids is 1. The van der Waals surface area contributed by atoms with Crippen molar-refractivity contribution < 1.29 is 33.3 Å². The van der Waals surface area contributed by atoms with Gasteiger partial charge < -0.3 is 14.4 Å². The third kappa shape index (κ3) is 1.68. The maximum Gasteiger partial charge on any atom is 1.00 e. The fourth-order valence-electron chi connectivity index (χ4n) is 0.814. The molecule has 1 aliphatic carbocycles. The maximum atomic E-state index is 10.2. The Balaban J connectivity index is 0.000000720. The normalized spacial score (nSPS) is 15.3. The predicted octanol–water partition coefficient (Wildman–Crippen LogP) is -3.69. The van der Waals surface area contributed by atoms with Crippen molar-refractivity contribution in [2.24, 2.45) is 0 Å². The number of rotatable bonds is 2. The number of hydrogen-bond acceptors (Lipinski definition) is 5. The first-order valence-electron chi connectivity index (χ1n) is 3.32. The largest absolute Gasteiger partial charge is 1.00 e. The second kappa shape index (κ2) is 3.29. The van der Waals surface area contributed by atoms with Crippen LogP contribution >= 0.6 is 0 Å². The summed E-state index contributed by atoms with van der Waals surface area (Å²) in [6.45, 7) is 0. The molecule has 58 valence electrons. The summed E-state index contributed by atoms with van der Waals surface area (Å²) in [7, 11) is 0. The molecule has 2 rings (SSSR count). The van der Waals surface area contributed by atoms with E-state index in [1.165, 1.54) is 0 Å². The zero-order valence-electron chi connectivity index (χ0n) is 6.61. The molecule has 0 spiro atoms. The Labute approximate surface area is 80.3 Å². The van der Waals surface area contributed by atoms with Gasteiger partial charge >= 0.3 is 18.9 Å². The number of carboxylic acid groups (broad SMARTS) is 1. The average Bonchev–Trinajstić information content (AvgIpc) is 2.68. The molecule has 1 aromatic heterocycles. The summed E-state index contributed by atoms with van der Waals surface area (Å²) in [5.41, 5.74) is 0. The van der Waals surface area contributed by atoms with E-state index >= 15 is 0 Å². The van der Waals surface area contributed by atoms with Gasteiger partial charge in [0, 0.05) is 5.92 Å². The summed E-state index contributed by atoms with van der Waals surface area (Å²) >= 11 is 0. The Morgan fingerprint density at radius 3 is 2.67 bits per heavy atom. The molecule has 0 atom stereocenters. The molecule has 1 aliphatic rings. The van der Waals surface area contributed by atoms with Crippen LogP contribution in [0.25, 0.3) is 0 Å². The van der Waals surface area contributed by atoms with E-state index in [0.717, 1.165) is 12.8 Å². The second-order valence-electron chi connectivity index (χ2n) is 2.52. The van der Waals surface area contributed by atoms with E-state index in [1.54, 1.807) is 0 Å². The summed E-state index contributed by atoms with van der Waals surface area (Å²) in [5, 5.41) is 13.4. The molecule has 12 heavy (non-hydrogen) atoms. The van der Waals surface area contributed by atoms with Crippen LogP contribution in [0.1, 0.15) is 35.3 Å². The van der Waals surface area contributed by atoms with Crippen molar-refractivity contribution in [3.05, 3.63) is 11.7 Å². The predicted molar refractivity (Wildman–Crippen MR) is 30.6 cm³/mol. The summed E-state index contributed by atoms with van der Waals surface area (Å²) in [4.78, 5) is 13.8. The Morgan fingerprint density at radius 2 is 2.25 bits per heavy atom. The first-order chi connectivity index (χ1) is 5.27. The molecular formula is C6H5LiN2O3. The minimum atomic E-state index is -1.39. The summed E-state index contributed by atoms with van der Waals surface area (Å²) in [5.74, 6) is -1.03. The molecular weight excluding hydrogens is 155 g/mol. The summed E-state index contributed by atoms with van der Waals surface area (Å²) in [6, 6.07) is 0. The van der Waals surface area contributed by atoms with Crippen molar-refractivity contribution in [1.82, 2.24) is 10.1 Å². The van der Waals surface area contributed by atoms with Gasteiger partial charge in [0.15, 0.2) is 0 Å². The molecule has 1 aromatic rings. The van der Waals surface area contributed by atoms with Crippen molar-refractivity contribution >= 4 is 5.97 Å². The minimum Gasteiger partial charge on any atom is -0.541 e. The SMILES string of the molecule is O=C([O-])c1noc(C2CC2)n1.[Li+]. The van der Waals surface area contributed by atoms with Crippen LogP contribution in [0.5, 0.6) is 0 Å². The molecule has 0 bridgehead atoms. The Kier molecular flexibility index (Phi) is 2.55. The van der Waals surface area contributed by atoms with E-state index in [2.05, 4.69) is 14.7 Å². The fraction of sp³-hybridized carbons (Fsp3) is 0.500. The molecule has 1 heterocycles. The molecule has 0 saturated heterocycles. The van der Waals surface area contributed by atoms with Crippen molar-refractivity contribution in [1.29, 1.82) is 0 Å². The third-order valence-corrected chi connectivity index (χ3v) is 1.55. The van der Waals surface area contributed by atoms with Gasteiger partial charge in [-0.05, 0) is 12.8 Å². The van der Waals surface area contributed by atoms with E-state index in [4.69, 9.17) is 0 Å². The van der Waals surface area contributed by atoms with Crippen molar-refractivity contribution in [2.45, 2.75) is 18.8 Å². The molecule has 0 amide bonds. The van der Waals surface area contributed by atoms with Crippen molar-refractivity contribution in [3.8, 4) is 0 Å². The fourth-order valence-corrected chi connectivity index (χ4v) is 0.814. The molecule has 5 nitrogen and oxygen atoms in total. The Hall–Kier alpha value is -0.793. The van der Waals surface area contributed by atoms with Gasteiger partial charge in [-0.1, -0.05) is 5.16 Å². The van der Waals surface area contributed by atoms with E-state index < -0.39 is 5.97 Å². The number of hydrogen-bond donors (Lipinski definition) is 0. The van der Waals surface area contributed by atoms with Gasteiger partial charge in [-0.25, -0.2) is 0 Å². The zero-order chi connectivity index (χ0) is 7.84. The van der Waals surface area contributed by atoms with Crippen LogP contribution in [0.15, 0.2) is 4.52 Å². The van der Waals surface area contributed by atoms with Gasteiger partial charge in [0.25, 0.3) is 0 Å². The molecule has 1 fully saturated rings. The van der Waals surface area contributed by atoms with Crippen molar-refractivity contribution in [3.63, 3.8) is 0 Å². The number of carbonyl (C=O) groups is 1. The van der Waals surface area contributed by atoms with E-state index in [-0.39, 0.29) is 30.6 Å². The molecule has 1 saturated carbocycles. The van der Waals surface area contributed by atoms with Gasteiger partial charge in [0.05, 0.1) is 0 Å². The van der Waals surface area contributed by atoms with Crippen LogP contribution in [0, 0.1) is 0 Å². The van der Waals surface area contributed by atoms with Crippen LogP contribution in [0.3, 0.4) is 0 Å². The summed E-state index contributed by atoms with van der Waals surface area (Å²) in [6.07, 6.45) is 2.02. The van der Waals surface area contributed by atoms with Crippen LogP contribution < -0.4 is 24.0 Å². The van der Waals surface area contributed by atoms with Gasteiger partial charge in [-0.15, -0.1) is 0 Å². The van der Waals surface area contributed by atoms with Gasteiger partial charge in [-0.3, -0.25) is 0 Å². The molecule has 0 N–H and O–H groups in total. The molecule has 0 unspecified atom stereocenters. The van der Waals surface area contributed by atoms with Gasteiger partial charge in [-0.2, -0.15) is 4.98 Å². The number of aromatic nitrogens is 2. The maximum absolute atomic E-state index is 10.2. The quantitative estimate of drug-likeness (QED) is 0.416. The van der Waals surface area contributed by atoms with Crippen LogP contribution in [-0.2, 0) is 0 Å². The smallest absolute Gasteiger partial charge is 0.541 e. The number of nitrogens with zero attached hydrogens (tertiary/aromatic N) is 2. The Bertz CT molecular complexity index is 295. The first kappa shape index (κ1) is 9.30. The van der Waals surface area contributed by atoms with Gasteiger partial charge in [0.2, 0.25) is 11.7 Å². The van der Waals surface area contributed by atoms with Crippen LogP contribution in [-0.4, -0.2) is 16.1 Å². The van der Waals surface area contributed by atoms with Gasteiger partial charge in [0.1, 0.15) is 5.97 Å². The second-order valence-corrected chi connectivity index (χ2v) is 2.52. The summed E-state index contributed by atoms with van der Waals surface area (Å²) < 4.78 is 4.67. The molecule has 6 heteroatoms. The third-order valence-electron chi connectivity index (χ3n) is 1.55. The topological polar surface area (TPSA) is 79.0 Å². The molecule has 0 aromatic carbocycles. The van der Waals surface area contributed by atoms with Crippen LogP contribution in [0.2, 0.25) is 0 Å². The molecule has 0 radical (unpaired) electrons. The van der Waals surface area contributed by atoms with Crippen LogP contribution in [0.4, 0.5) is 0 Å². The monoisotopic (exact) mass is 160 g/mol. The minimum absolute atomic E-state index is 0. The zero-order valence-corrected chi connectivity index (χ0v) is 6.61. The average molecular weight is 160 g/mol. The Morgan fingerprint density at radius 1 is 1.58 bits per heavy atom. The molecule has 0 aliphatic heterocycles. The van der Waals surface area contributed by atoms with Crippen molar-refractivity contribution in [2.75, 3.05) is 0 Å². The van der Waals surface area contributed by atoms with E-state index in [1.807, 2.05) is 0 Å². The van der Waals surface area contributed by atoms with E-state index in [0.29, 0.717) is 5.89 Å². The number of carbonyl (C=O) groups excluding carboxylic acids is 1. The standard InChI is InChI=1S/C6H6N2O3.Li/c9-6(10)4-7-5(11-8-4)3-1-2-3;/h3H,1-2H2,(H,9,10);/q;+1/p-1. The number of aromatic carboxylic acids is 1.